The number of thioether (sulfide) groups is 1. The first kappa shape index (κ1) is 32.2. The molecule has 0 saturated carbocycles. The third kappa shape index (κ3) is 8.21. The number of thiocarbonyl (C=S) groups is 2. The van der Waals surface area contributed by atoms with Crippen molar-refractivity contribution in [3.05, 3.63) is 20.5 Å². The van der Waals surface area contributed by atoms with Crippen LogP contribution in [0.3, 0.4) is 0 Å². The molecule has 4 amide bonds. The lowest BCUT2D eigenvalue weighted by molar-refractivity contribution is -0.125. The number of carbonyl (C=O) groups excluding carboxylic acids is 4. The molecule has 4 heterocycles. The van der Waals surface area contributed by atoms with Gasteiger partial charge in [-0.15, -0.1) is 20.4 Å². The highest BCUT2D eigenvalue weighted by Gasteiger charge is 2.41. The molecule has 0 unspecified atom stereocenters. The van der Waals surface area contributed by atoms with Crippen LogP contribution < -0.4 is 10.6 Å². The van der Waals surface area contributed by atoms with Gasteiger partial charge in [0.25, 0.3) is 11.8 Å². The number of amides is 4. The molecule has 0 aromatic carbocycles. The average Bonchev–Trinajstić information content (AvgIpc) is 3.72. The first-order valence-corrected chi connectivity index (χ1v) is 16.8. The Morgan fingerprint density at radius 2 is 1.33 bits per heavy atom. The van der Waals surface area contributed by atoms with E-state index in [9.17, 15) is 19.2 Å². The van der Waals surface area contributed by atoms with Gasteiger partial charge in [-0.3, -0.25) is 24.1 Å². The van der Waals surface area contributed by atoms with Gasteiger partial charge in [-0.25, -0.2) is 0 Å². The predicted molar refractivity (Wildman–Crippen MR) is 171 cm³/mol. The molecule has 224 valence electrons. The first-order valence-electron chi connectivity index (χ1n) is 13.6. The van der Waals surface area contributed by atoms with Crippen LogP contribution in [0.2, 0.25) is 0 Å². The molecular formula is C25H30N8O4S5. The molecule has 2 N–H and O–H groups in total. The Hall–Kier alpha value is -2.73. The number of anilines is 2. The number of hydrogen-bond acceptors (Lipinski definition) is 13. The molecule has 0 radical (unpaired) electrons. The minimum atomic E-state index is -0.434. The molecule has 4 rings (SSSR count). The minimum absolute atomic E-state index is 0.00123. The van der Waals surface area contributed by atoms with Gasteiger partial charge in [0, 0.05) is 50.8 Å². The molecule has 0 atom stereocenters. The van der Waals surface area contributed by atoms with Crippen molar-refractivity contribution < 1.29 is 19.2 Å². The Morgan fingerprint density at radius 3 is 1.86 bits per heavy atom. The zero-order valence-electron chi connectivity index (χ0n) is 23.1. The van der Waals surface area contributed by atoms with Crippen molar-refractivity contribution in [3.8, 4) is 0 Å². The van der Waals surface area contributed by atoms with E-state index >= 15 is 0 Å². The van der Waals surface area contributed by atoms with Crippen LogP contribution in [-0.4, -0.2) is 76.2 Å². The van der Waals surface area contributed by atoms with E-state index < -0.39 is 11.8 Å². The van der Waals surface area contributed by atoms with Gasteiger partial charge in [0.05, 0.1) is 9.89 Å². The predicted octanol–water partition coefficient (Wildman–Crippen LogP) is 4.11. The van der Waals surface area contributed by atoms with Crippen molar-refractivity contribution in [2.75, 3.05) is 23.7 Å². The zero-order chi connectivity index (χ0) is 30.2. The van der Waals surface area contributed by atoms with E-state index in [-0.39, 0.29) is 59.0 Å². The number of aromatic nitrogens is 4. The van der Waals surface area contributed by atoms with Crippen LogP contribution in [0.1, 0.15) is 68.8 Å². The summed E-state index contributed by atoms with van der Waals surface area (Å²) >= 11 is 14.5. The SMILES string of the molecule is CCCCc1nnc(NC(=O)CCN2C(=O)C(=C3SC(=S)N(CCC(=O)Nc4nnc(CCCC)s4)C3=O)CC2=S)s1. The Bertz CT molecular complexity index is 1320. The van der Waals surface area contributed by atoms with Crippen LogP contribution in [-0.2, 0) is 32.0 Å². The molecule has 0 aliphatic carbocycles. The zero-order valence-corrected chi connectivity index (χ0v) is 27.2. The quantitative estimate of drug-likeness (QED) is 0.222. The fraction of sp³-hybridized carbons (Fsp3) is 0.520. The summed E-state index contributed by atoms with van der Waals surface area (Å²) in [6, 6.07) is 0. The van der Waals surface area contributed by atoms with Crippen molar-refractivity contribution in [1.29, 1.82) is 0 Å². The van der Waals surface area contributed by atoms with E-state index in [1.165, 1.54) is 32.5 Å². The largest absolute Gasteiger partial charge is 0.302 e. The van der Waals surface area contributed by atoms with Crippen LogP contribution >= 0.6 is 58.9 Å². The fourth-order valence-electron chi connectivity index (χ4n) is 4.03. The van der Waals surface area contributed by atoms with Gasteiger partial charge in [0.15, 0.2) is 0 Å². The standard InChI is InChI=1S/C25H30N8O4S5/c1-3-5-7-17-28-30-23(40-17)26-15(34)9-11-32-19(38)13-14(21(32)36)20-22(37)33(25(39)42-20)12-10-16(35)27-24-31-29-18(41-24)8-6-4-2/h3-13H2,1-2H3,(H,26,30,34)(H,27,31,35). The molecule has 2 saturated heterocycles. The normalized spacial score (nSPS) is 17.1. The fourth-order valence-corrected chi connectivity index (χ4v) is 7.31. The van der Waals surface area contributed by atoms with Gasteiger partial charge < -0.3 is 15.5 Å². The van der Waals surface area contributed by atoms with Crippen molar-refractivity contribution >= 4 is 102 Å². The van der Waals surface area contributed by atoms with Crippen molar-refractivity contribution in [2.45, 2.75) is 71.6 Å². The maximum Gasteiger partial charge on any atom is 0.266 e. The highest BCUT2D eigenvalue weighted by molar-refractivity contribution is 8.26. The molecule has 0 bridgehead atoms. The smallest absolute Gasteiger partial charge is 0.266 e. The molecule has 12 nitrogen and oxygen atoms in total. The Kier molecular flexibility index (Phi) is 11.6. The number of aryl methyl sites for hydroxylation is 2. The molecule has 2 aliphatic rings. The van der Waals surface area contributed by atoms with Crippen molar-refractivity contribution in [1.82, 2.24) is 30.2 Å². The topological polar surface area (TPSA) is 150 Å². The molecular weight excluding hydrogens is 637 g/mol. The molecule has 2 aliphatic heterocycles. The lowest BCUT2D eigenvalue weighted by Crippen LogP contribution is -2.33. The van der Waals surface area contributed by atoms with Crippen LogP contribution in [0.15, 0.2) is 10.5 Å². The average molecular weight is 667 g/mol. The van der Waals surface area contributed by atoms with Gasteiger partial charge in [-0.2, -0.15) is 0 Å². The third-order valence-electron chi connectivity index (χ3n) is 6.30. The summed E-state index contributed by atoms with van der Waals surface area (Å²) in [6.45, 7) is 4.31. The Morgan fingerprint density at radius 1 is 0.810 bits per heavy atom. The molecule has 42 heavy (non-hydrogen) atoms. The molecule has 2 fully saturated rings. The second-order valence-corrected chi connectivity index (χ2v) is 13.7. The van der Waals surface area contributed by atoms with Crippen molar-refractivity contribution in [3.63, 3.8) is 0 Å². The number of rotatable bonds is 14. The van der Waals surface area contributed by atoms with E-state index in [0.717, 1.165) is 60.3 Å². The van der Waals surface area contributed by atoms with Gasteiger partial charge in [-0.1, -0.05) is 85.6 Å². The number of carbonyl (C=O) groups is 4. The highest BCUT2D eigenvalue weighted by Crippen LogP contribution is 2.37. The lowest BCUT2D eigenvalue weighted by Gasteiger charge is -2.15. The molecule has 0 spiro atoms. The summed E-state index contributed by atoms with van der Waals surface area (Å²) in [7, 11) is 0. The van der Waals surface area contributed by atoms with E-state index in [4.69, 9.17) is 24.4 Å². The summed E-state index contributed by atoms with van der Waals surface area (Å²) < 4.78 is 0.264. The first-order chi connectivity index (χ1) is 20.2. The maximum absolute atomic E-state index is 13.2. The Balaban J connectivity index is 1.29. The van der Waals surface area contributed by atoms with Crippen molar-refractivity contribution in [2.24, 2.45) is 0 Å². The van der Waals surface area contributed by atoms with E-state index in [0.29, 0.717) is 15.3 Å². The summed E-state index contributed by atoms with van der Waals surface area (Å²) in [5, 5.41) is 24.1. The van der Waals surface area contributed by atoms with Gasteiger partial charge >= 0.3 is 0 Å². The monoisotopic (exact) mass is 666 g/mol. The van der Waals surface area contributed by atoms with E-state index in [2.05, 4.69) is 44.9 Å². The highest BCUT2D eigenvalue weighted by atomic mass is 32.2. The maximum atomic E-state index is 13.2. The second kappa shape index (κ2) is 15.1. The van der Waals surface area contributed by atoms with Gasteiger partial charge in [-0.05, 0) is 12.8 Å². The van der Waals surface area contributed by atoms with E-state index in [1.807, 2.05) is 0 Å². The molecule has 2 aromatic heterocycles. The third-order valence-corrected chi connectivity index (χ3v) is 9.95. The van der Waals surface area contributed by atoms with Crippen LogP contribution in [0.25, 0.3) is 0 Å². The van der Waals surface area contributed by atoms with Crippen LogP contribution in [0.4, 0.5) is 10.3 Å². The van der Waals surface area contributed by atoms with E-state index in [1.54, 1.807) is 0 Å². The summed E-state index contributed by atoms with van der Waals surface area (Å²) in [4.78, 5) is 54.5. The Labute approximate surface area is 266 Å². The number of likely N-dealkylation sites (tertiary alicyclic amines) is 1. The second-order valence-electron chi connectivity index (χ2n) is 9.47. The number of nitrogens with zero attached hydrogens (tertiary/aromatic N) is 6. The van der Waals surface area contributed by atoms with Crippen LogP contribution in [0.5, 0.6) is 0 Å². The number of hydrogen-bond donors (Lipinski definition) is 2. The minimum Gasteiger partial charge on any atom is -0.302 e. The molecule has 17 heteroatoms. The summed E-state index contributed by atoms with van der Waals surface area (Å²) in [6.07, 6.45) is 5.82. The van der Waals surface area contributed by atoms with Crippen LogP contribution in [0, 0.1) is 0 Å². The summed E-state index contributed by atoms with van der Waals surface area (Å²) in [5.41, 5.74) is 0.253. The summed E-state index contributed by atoms with van der Waals surface area (Å²) in [5.74, 6) is -1.48. The number of unbranched alkanes of at least 4 members (excludes halogenated alkanes) is 2. The lowest BCUT2D eigenvalue weighted by atomic mass is 10.2. The van der Waals surface area contributed by atoms with Gasteiger partial charge in [0.1, 0.15) is 14.3 Å². The number of nitrogens with one attached hydrogen (secondary N) is 2. The van der Waals surface area contributed by atoms with Gasteiger partial charge in [0.2, 0.25) is 22.1 Å². The molecule has 2 aromatic rings.